The molecule has 0 aliphatic rings. The molecule has 0 fully saturated rings. The second-order valence-corrected chi connectivity index (χ2v) is 4.84. The summed E-state index contributed by atoms with van der Waals surface area (Å²) in [6, 6.07) is 12.0. The third kappa shape index (κ3) is 2.65. The minimum absolute atomic E-state index is 0.322. The van der Waals surface area contributed by atoms with E-state index in [0.717, 1.165) is 19.3 Å². The van der Waals surface area contributed by atoms with Crippen molar-refractivity contribution in [3.8, 4) is 16.9 Å². The Hall–Kier alpha value is -1.76. The Balaban J connectivity index is 2.60. The minimum Gasteiger partial charge on any atom is -0.508 e. The zero-order valence-electron chi connectivity index (χ0n) is 12.0. The predicted octanol–water partition coefficient (Wildman–Crippen LogP) is 4.75. The first-order chi connectivity index (χ1) is 9.21. The van der Waals surface area contributed by atoms with Gasteiger partial charge in [-0.3, -0.25) is 0 Å². The molecule has 2 rings (SSSR count). The minimum atomic E-state index is 0.322. The number of hydrogen-bond donors (Lipinski definition) is 1. The quantitative estimate of drug-likeness (QED) is 0.835. The molecule has 2 aromatic carbocycles. The van der Waals surface area contributed by atoms with Crippen molar-refractivity contribution in [1.29, 1.82) is 0 Å². The van der Waals surface area contributed by atoms with Gasteiger partial charge in [0, 0.05) is 0 Å². The number of phenolic OH excluding ortho intramolecular Hbond substituents is 1. The molecule has 0 spiro atoms. The molecule has 0 bridgehead atoms. The van der Waals surface area contributed by atoms with Crippen LogP contribution in [0.25, 0.3) is 11.1 Å². The van der Waals surface area contributed by atoms with Crippen LogP contribution in [-0.4, -0.2) is 5.11 Å². The number of benzene rings is 2. The largest absolute Gasteiger partial charge is 0.508 e. The van der Waals surface area contributed by atoms with Crippen molar-refractivity contribution < 1.29 is 5.11 Å². The van der Waals surface area contributed by atoms with Crippen LogP contribution in [0.2, 0.25) is 0 Å². The maximum atomic E-state index is 9.41. The maximum absolute atomic E-state index is 9.41. The van der Waals surface area contributed by atoms with E-state index in [9.17, 15) is 5.11 Å². The fourth-order valence-electron chi connectivity index (χ4n) is 2.83. The van der Waals surface area contributed by atoms with E-state index in [0.29, 0.717) is 5.75 Å². The Morgan fingerprint density at radius 1 is 0.737 bits per heavy atom. The molecule has 0 atom stereocenters. The standard InChI is InChI=1S/C18H22O/c1-4-13-9-12-18(17(6-3)16(13)5-2)14-7-10-15(19)11-8-14/h7-12,19H,4-6H2,1-3H3. The number of hydrogen-bond acceptors (Lipinski definition) is 1. The van der Waals surface area contributed by atoms with E-state index in [4.69, 9.17) is 0 Å². The van der Waals surface area contributed by atoms with Crippen molar-refractivity contribution in [1.82, 2.24) is 0 Å². The lowest BCUT2D eigenvalue weighted by Gasteiger charge is -2.17. The highest BCUT2D eigenvalue weighted by Crippen LogP contribution is 2.30. The van der Waals surface area contributed by atoms with Crippen LogP contribution >= 0.6 is 0 Å². The number of phenols is 1. The van der Waals surface area contributed by atoms with E-state index in [1.165, 1.54) is 27.8 Å². The first-order valence-electron chi connectivity index (χ1n) is 7.14. The zero-order chi connectivity index (χ0) is 13.8. The predicted molar refractivity (Wildman–Crippen MR) is 81.7 cm³/mol. The van der Waals surface area contributed by atoms with Crippen LogP contribution < -0.4 is 0 Å². The van der Waals surface area contributed by atoms with Gasteiger partial charge in [0.15, 0.2) is 0 Å². The van der Waals surface area contributed by atoms with Gasteiger partial charge in [-0.2, -0.15) is 0 Å². The molecular formula is C18H22O. The van der Waals surface area contributed by atoms with E-state index in [-0.39, 0.29) is 0 Å². The Morgan fingerprint density at radius 3 is 1.89 bits per heavy atom. The first-order valence-corrected chi connectivity index (χ1v) is 7.14. The Bertz CT molecular complexity index is 553. The fraction of sp³-hybridized carbons (Fsp3) is 0.333. The van der Waals surface area contributed by atoms with Gasteiger partial charge in [-0.25, -0.2) is 0 Å². The number of aryl methyl sites for hydroxylation is 1. The Kier molecular flexibility index (Phi) is 4.26. The van der Waals surface area contributed by atoms with Crippen molar-refractivity contribution in [2.45, 2.75) is 40.0 Å². The zero-order valence-corrected chi connectivity index (χ0v) is 12.0. The second kappa shape index (κ2) is 5.92. The van der Waals surface area contributed by atoms with Crippen molar-refractivity contribution >= 4 is 0 Å². The molecule has 0 saturated heterocycles. The molecule has 0 heterocycles. The molecule has 0 aliphatic heterocycles. The lowest BCUT2D eigenvalue weighted by molar-refractivity contribution is 0.475. The molecule has 2 aromatic rings. The van der Waals surface area contributed by atoms with Crippen LogP contribution in [0.3, 0.4) is 0 Å². The van der Waals surface area contributed by atoms with Crippen LogP contribution in [0.5, 0.6) is 5.75 Å². The molecule has 19 heavy (non-hydrogen) atoms. The lowest BCUT2D eigenvalue weighted by atomic mass is 9.88. The van der Waals surface area contributed by atoms with Gasteiger partial charge in [-0.15, -0.1) is 0 Å². The topological polar surface area (TPSA) is 20.2 Å². The summed E-state index contributed by atoms with van der Waals surface area (Å²) >= 11 is 0. The maximum Gasteiger partial charge on any atom is 0.115 e. The third-order valence-electron chi connectivity index (χ3n) is 3.79. The average Bonchev–Trinajstić information content (AvgIpc) is 2.46. The van der Waals surface area contributed by atoms with Crippen LogP contribution in [0, 0.1) is 0 Å². The van der Waals surface area contributed by atoms with Gasteiger partial charge in [0.25, 0.3) is 0 Å². The highest BCUT2D eigenvalue weighted by Gasteiger charge is 2.11. The van der Waals surface area contributed by atoms with E-state index < -0.39 is 0 Å². The van der Waals surface area contributed by atoms with Gasteiger partial charge < -0.3 is 5.11 Å². The average molecular weight is 254 g/mol. The summed E-state index contributed by atoms with van der Waals surface area (Å²) in [5, 5.41) is 9.41. The van der Waals surface area contributed by atoms with E-state index in [1.54, 1.807) is 12.1 Å². The second-order valence-electron chi connectivity index (χ2n) is 4.84. The van der Waals surface area contributed by atoms with Crippen molar-refractivity contribution in [3.05, 3.63) is 53.1 Å². The molecule has 1 N–H and O–H groups in total. The molecule has 0 amide bonds. The molecule has 0 aliphatic carbocycles. The summed E-state index contributed by atoms with van der Waals surface area (Å²) in [6.45, 7) is 6.67. The van der Waals surface area contributed by atoms with Gasteiger partial charge >= 0.3 is 0 Å². The summed E-state index contributed by atoms with van der Waals surface area (Å²) in [7, 11) is 0. The summed E-state index contributed by atoms with van der Waals surface area (Å²) in [5.74, 6) is 0.322. The van der Waals surface area contributed by atoms with Gasteiger partial charge in [-0.05, 0) is 59.2 Å². The Labute approximate surface area is 115 Å². The smallest absolute Gasteiger partial charge is 0.115 e. The fourth-order valence-corrected chi connectivity index (χ4v) is 2.83. The summed E-state index contributed by atoms with van der Waals surface area (Å²) in [5.41, 5.74) is 6.90. The SMILES string of the molecule is CCc1ccc(-c2ccc(O)cc2)c(CC)c1CC. The molecule has 0 aromatic heterocycles. The number of rotatable bonds is 4. The van der Waals surface area contributed by atoms with Crippen LogP contribution in [-0.2, 0) is 19.3 Å². The first kappa shape index (κ1) is 13.7. The summed E-state index contributed by atoms with van der Waals surface area (Å²) < 4.78 is 0. The molecule has 1 nitrogen and oxygen atoms in total. The van der Waals surface area contributed by atoms with Crippen LogP contribution in [0.15, 0.2) is 36.4 Å². The van der Waals surface area contributed by atoms with E-state index in [1.807, 2.05) is 12.1 Å². The molecule has 0 radical (unpaired) electrons. The van der Waals surface area contributed by atoms with Crippen molar-refractivity contribution in [2.24, 2.45) is 0 Å². The van der Waals surface area contributed by atoms with Crippen molar-refractivity contribution in [3.63, 3.8) is 0 Å². The monoisotopic (exact) mass is 254 g/mol. The van der Waals surface area contributed by atoms with Gasteiger partial charge in [0.1, 0.15) is 5.75 Å². The molecule has 0 saturated carbocycles. The third-order valence-corrected chi connectivity index (χ3v) is 3.79. The van der Waals surface area contributed by atoms with Gasteiger partial charge in [0.2, 0.25) is 0 Å². The molecular weight excluding hydrogens is 232 g/mol. The molecule has 0 unspecified atom stereocenters. The molecule has 1 heteroatoms. The van der Waals surface area contributed by atoms with Crippen molar-refractivity contribution in [2.75, 3.05) is 0 Å². The highest BCUT2D eigenvalue weighted by atomic mass is 16.3. The Morgan fingerprint density at radius 2 is 1.37 bits per heavy atom. The van der Waals surface area contributed by atoms with Gasteiger partial charge in [0.05, 0.1) is 0 Å². The molecule has 100 valence electrons. The van der Waals surface area contributed by atoms with Crippen LogP contribution in [0.4, 0.5) is 0 Å². The summed E-state index contributed by atoms with van der Waals surface area (Å²) in [4.78, 5) is 0. The highest BCUT2D eigenvalue weighted by molar-refractivity contribution is 5.70. The summed E-state index contributed by atoms with van der Waals surface area (Å²) in [6.07, 6.45) is 3.22. The van der Waals surface area contributed by atoms with Gasteiger partial charge in [-0.1, -0.05) is 45.0 Å². The van der Waals surface area contributed by atoms with E-state index in [2.05, 4.69) is 32.9 Å². The number of aromatic hydroxyl groups is 1. The lowest BCUT2D eigenvalue weighted by Crippen LogP contribution is -2.00. The van der Waals surface area contributed by atoms with E-state index >= 15 is 0 Å². The van der Waals surface area contributed by atoms with Crippen LogP contribution in [0.1, 0.15) is 37.5 Å². The normalized spacial score (nSPS) is 10.7.